The Bertz CT molecular complexity index is 657. The highest BCUT2D eigenvalue weighted by Crippen LogP contribution is 2.34. The predicted octanol–water partition coefficient (Wildman–Crippen LogP) is 2.90. The number of ether oxygens (including phenoxy) is 2. The second-order valence-corrected chi connectivity index (χ2v) is 8.58. The summed E-state index contributed by atoms with van der Waals surface area (Å²) >= 11 is 1.55. The SMILES string of the molecule is COc1ccc(SC(C)C(=O)N2CCC([C@@H]3OCCC3C(=O)O)CC2)cc1. The number of nitrogens with zero attached hydrogens (tertiary/aromatic N) is 1. The Morgan fingerprint density at radius 2 is 1.89 bits per heavy atom. The van der Waals surface area contributed by atoms with Crippen molar-refractivity contribution in [3.63, 3.8) is 0 Å². The van der Waals surface area contributed by atoms with Gasteiger partial charge in [-0.3, -0.25) is 9.59 Å². The van der Waals surface area contributed by atoms with E-state index in [4.69, 9.17) is 9.47 Å². The first-order chi connectivity index (χ1) is 13.0. The second kappa shape index (κ2) is 8.97. The van der Waals surface area contributed by atoms with Gasteiger partial charge in [-0.05, 0) is 56.4 Å². The number of piperidine rings is 1. The first-order valence-electron chi connectivity index (χ1n) is 9.43. The third-order valence-electron chi connectivity index (χ3n) is 5.49. The molecule has 0 aromatic heterocycles. The monoisotopic (exact) mass is 393 g/mol. The van der Waals surface area contributed by atoms with Crippen LogP contribution in [0.15, 0.2) is 29.2 Å². The summed E-state index contributed by atoms with van der Waals surface area (Å²) in [6.45, 7) is 3.80. The van der Waals surface area contributed by atoms with Gasteiger partial charge in [0, 0.05) is 24.6 Å². The Balaban J connectivity index is 1.50. The highest BCUT2D eigenvalue weighted by Gasteiger charge is 2.41. The quantitative estimate of drug-likeness (QED) is 0.749. The van der Waals surface area contributed by atoms with Crippen LogP contribution in [-0.4, -0.2) is 60.0 Å². The van der Waals surface area contributed by atoms with Crippen LogP contribution in [-0.2, 0) is 14.3 Å². The lowest BCUT2D eigenvalue weighted by Crippen LogP contribution is -2.45. The fraction of sp³-hybridized carbons (Fsp3) is 0.600. The van der Waals surface area contributed by atoms with Gasteiger partial charge in [-0.25, -0.2) is 0 Å². The maximum atomic E-state index is 12.8. The minimum Gasteiger partial charge on any atom is -0.497 e. The van der Waals surface area contributed by atoms with Crippen LogP contribution in [0.3, 0.4) is 0 Å². The van der Waals surface area contributed by atoms with Gasteiger partial charge in [-0.2, -0.15) is 0 Å². The zero-order valence-electron chi connectivity index (χ0n) is 15.8. The van der Waals surface area contributed by atoms with Crippen molar-refractivity contribution in [2.45, 2.75) is 42.4 Å². The lowest BCUT2D eigenvalue weighted by Gasteiger charge is -2.36. The number of carbonyl (C=O) groups is 2. The van der Waals surface area contributed by atoms with Crippen LogP contribution in [0.1, 0.15) is 26.2 Å². The number of likely N-dealkylation sites (tertiary alicyclic amines) is 1. The molecule has 1 amide bonds. The maximum absolute atomic E-state index is 12.8. The standard InChI is InChI=1S/C20H27NO5S/c1-13(27-16-5-3-15(25-2)4-6-16)19(22)21-10-7-14(8-11-21)18-17(20(23)24)9-12-26-18/h3-6,13-14,17-18H,7-12H2,1-2H3,(H,23,24)/t13?,17?,18-/m0/s1. The van der Waals surface area contributed by atoms with E-state index in [1.54, 1.807) is 18.9 Å². The number of carboxylic acids is 1. The number of carbonyl (C=O) groups excluding carboxylic acids is 1. The van der Waals surface area contributed by atoms with Crippen molar-refractivity contribution in [3.8, 4) is 5.75 Å². The fourth-order valence-corrected chi connectivity index (χ4v) is 4.91. The third kappa shape index (κ3) is 4.76. The molecule has 27 heavy (non-hydrogen) atoms. The Hall–Kier alpha value is -1.73. The van der Waals surface area contributed by atoms with Gasteiger partial charge in [0.05, 0.1) is 24.4 Å². The molecule has 1 aromatic carbocycles. The maximum Gasteiger partial charge on any atom is 0.309 e. The number of rotatable bonds is 6. The molecule has 0 radical (unpaired) electrons. The normalized spacial score (nSPS) is 24.6. The molecule has 2 heterocycles. The first-order valence-corrected chi connectivity index (χ1v) is 10.3. The number of methoxy groups -OCH3 is 1. The van der Waals surface area contributed by atoms with Gasteiger partial charge < -0.3 is 19.5 Å². The van der Waals surface area contributed by atoms with E-state index >= 15 is 0 Å². The van der Waals surface area contributed by atoms with E-state index in [0.717, 1.165) is 23.5 Å². The molecular weight excluding hydrogens is 366 g/mol. The summed E-state index contributed by atoms with van der Waals surface area (Å²) in [5.74, 6) is -0.00453. The van der Waals surface area contributed by atoms with Crippen molar-refractivity contribution in [2.24, 2.45) is 11.8 Å². The van der Waals surface area contributed by atoms with E-state index in [9.17, 15) is 14.7 Å². The van der Waals surface area contributed by atoms with Crippen LogP contribution in [0.2, 0.25) is 0 Å². The molecule has 2 aliphatic rings. The molecule has 2 aliphatic heterocycles. The molecule has 1 N–H and O–H groups in total. The van der Waals surface area contributed by atoms with Crippen molar-refractivity contribution >= 4 is 23.6 Å². The van der Waals surface area contributed by atoms with Crippen molar-refractivity contribution in [3.05, 3.63) is 24.3 Å². The molecule has 0 spiro atoms. The minimum absolute atomic E-state index is 0.136. The largest absolute Gasteiger partial charge is 0.497 e. The first kappa shape index (κ1) is 20.0. The lowest BCUT2D eigenvalue weighted by molar-refractivity contribution is -0.145. The van der Waals surface area contributed by atoms with Crippen molar-refractivity contribution in [1.82, 2.24) is 4.90 Å². The Kier molecular flexibility index (Phi) is 6.65. The van der Waals surface area contributed by atoms with Gasteiger partial charge in [-0.15, -0.1) is 11.8 Å². The van der Waals surface area contributed by atoms with Gasteiger partial charge in [0.1, 0.15) is 5.75 Å². The zero-order chi connectivity index (χ0) is 19.4. The van der Waals surface area contributed by atoms with Crippen LogP contribution in [0.5, 0.6) is 5.75 Å². The van der Waals surface area contributed by atoms with E-state index in [1.807, 2.05) is 36.1 Å². The van der Waals surface area contributed by atoms with Gasteiger partial charge in [0.25, 0.3) is 0 Å². The van der Waals surface area contributed by atoms with Gasteiger partial charge in [0.2, 0.25) is 5.91 Å². The molecule has 2 unspecified atom stereocenters. The van der Waals surface area contributed by atoms with Crippen LogP contribution in [0, 0.1) is 11.8 Å². The van der Waals surface area contributed by atoms with E-state index in [0.29, 0.717) is 26.1 Å². The van der Waals surface area contributed by atoms with Gasteiger partial charge in [0.15, 0.2) is 0 Å². The molecule has 7 heteroatoms. The molecular formula is C20H27NO5S. The molecule has 0 saturated carbocycles. The number of aliphatic carboxylic acids is 1. The summed E-state index contributed by atoms with van der Waals surface area (Å²) in [6.07, 6.45) is 2.00. The van der Waals surface area contributed by atoms with Crippen molar-refractivity contribution in [2.75, 3.05) is 26.8 Å². The smallest absolute Gasteiger partial charge is 0.309 e. The zero-order valence-corrected chi connectivity index (χ0v) is 16.6. The van der Waals surface area contributed by atoms with E-state index in [1.165, 1.54) is 0 Å². The third-order valence-corrected chi connectivity index (χ3v) is 6.59. The molecule has 2 saturated heterocycles. The Morgan fingerprint density at radius 1 is 1.22 bits per heavy atom. The Morgan fingerprint density at radius 3 is 2.48 bits per heavy atom. The summed E-state index contributed by atoms with van der Waals surface area (Å²) in [5.41, 5.74) is 0. The number of amides is 1. The van der Waals surface area contributed by atoms with E-state index in [2.05, 4.69) is 0 Å². The van der Waals surface area contributed by atoms with E-state index in [-0.39, 0.29) is 23.2 Å². The summed E-state index contributed by atoms with van der Waals surface area (Å²) < 4.78 is 10.9. The summed E-state index contributed by atoms with van der Waals surface area (Å²) in [5, 5.41) is 9.18. The van der Waals surface area contributed by atoms with Gasteiger partial charge in [-0.1, -0.05) is 0 Å². The summed E-state index contributed by atoms with van der Waals surface area (Å²) in [4.78, 5) is 27.1. The second-order valence-electron chi connectivity index (χ2n) is 7.17. The summed E-state index contributed by atoms with van der Waals surface area (Å²) in [7, 11) is 1.63. The number of hydrogen-bond donors (Lipinski definition) is 1. The van der Waals surface area contributed by atoms with Gasteiger partial charge >= 0.3 is 5.97 Å². The molecule has 2 fully saturated rings. The van der Waals surface area contributed by atoms with Crippen LogP contribution < -0.4 is 4.74 Å². The lowest BCUT2D eigenvalue weighted by atomic mass is 9.84. The number of benzene rings is 1. The summed E-state index contributed by atoms with van der Waals surface area (Å²) in [6, 6.07) is 7.71. The molecule has 3 rings (SSSR count). The number of thioether (sulfide) groups is 1. The molecule has 6 nitrogen and oxygen atoms in total. The Labute approximate surface area is 164 Å². The molecule has 3 atom stereocenters. The molecule has 1 aromatic rings. The van der Waals surface area contributed by atoms with Crippen molar-refractivity contribution in [1.29, 1.82) is 0 Å². The predicted molar refractivity (Wildman–Crippen MR) is 103 cm³/mol. The molecule has 0 aliphatic carbocycles. The molecule has 0 bridgehead atoms. The average molecular weight is 394 g/mol. The minimum atomic E-state index is -0.763. The van der Waals surface area contributed by atoms with Crippen LogP contribution in [0.25, 0.3) is 0 Å². The number of carboxylic acid groups (broad SMARTS) is 1. The van der Waals surface area contributed by atoms with Crippen LogP contribution >= 0.6 is 11.8 Å². The topological polar surface area (TPSA) is 76.1 Å². The van der Waals surface area contributed by atoms with E-state index < -0.39 is 11.9 Å². The van der Waals surface area contributed by atoms with Crippen molar-refractivity contribution < 1.29 is 24.2 Å². The average Bonchev–Trinajstić information content (AvgIpc) is 3.18. The highest BCUT2D eigenvalue weighted by atomic mass is 32.2. The fourth-order valence-electron chi connectivity index (χ4n) is 3.95. The number of hydrogen-bond acceptors (Lipinski definition) is 5. The van der Waals surface area contributed by atoms with Crippen LogP contribution in [0.4, 0.5) is 0 Å². The molecule has 148 valence electrons. The highest BCUT2D eigenvalue weighted by molar-refractivity contribution is 8.00.